The number of aryl methyl sites for hydroxylation is 2. The van der Waals surface area contributed by atoms with Gasteiger partial charge in [-0.1, -0.05) is 76.9 Å². The van der Waals surface area contributed by atoms with Crippen LogP contribution in [0.25, 0.3) is 0 Å². The van der Waals surface area contributed by atoms with Crippen molar-refractivity contribution in [3.05, 3.63) is 58.7 Å². The molecule has 0 spiro atoms. The highest BCUT2D eigenvalue weighted by atomic mass is 31.1. The molecule has 2 rings (SSSR count). The fourth-order valence-electron chi connectivity index (χ4n) is 3.43. The number of carbonyl (C=O) groups excluding carboxylic acids is 2. The maximum absolute atomic E-state index is 12.3. The summed E-state index contributed by atoms with van der Waals surface area (Å²) in [7, 11) is -2.48. The maximum Gasteiger partial charge on any atom is 0.697 e. The summed E-state index contributed by atoms with van der Waals surface area (Å²) in [6.07, 6.45) is -0.181. The number of hydrogen-bond donors (Lipinski definition) is 0. The molecule has 0 fully saturated rings. The van der Waals surface area contributed by atoms with Crippen LogP contribution in [-0.4, -0.2) is 25.2 Å². The van der Waals surface area contributed by atoms with E-state index in [1.165, 1.54) is 0 Å². The summed E-state index contributed by atoms with van der Waals surface area (Å²) in [6.45, 7) is 16.0. The number of esters is 2. The molecule has 0 bridgehead atoms. The van der Waals surface area contributed by atoms with Gasteiger partial charge in [0, 0.05) is 15.7 Å². The Kier molecular flexibility index (Phi) is 10.4. The summed E-state index contributed by atoms with van der Waals surface area (Å²) in [4.78, 5) is 24.5. The second-order valence-electron chi connectivity index (χ2n) is 10.8. The van der Waals surface area contributed by atoms with E-state index in [4.69, 9.17) is 18.5 Å². The summed E-state index contributed by atoms with van der Waals surface area (Å²) >= 11 is 0. The summed E-state index contributed by atoms with van der Waals surface area (Å²) in [5, 5.41) is 0. The lowest BCUT2D eigenvalue weighted by atomic mass is 9.85. The molecule has 0 aliphatic carbocycles. The average molecular weight is 518 g/mol. The highest BCUT2D eigenvalue weighted by molar-refractivity contribution is 7.33. The molecule has 0 aliphatic heterocycles. The highest BCUT2D eigenvalue weighted by Gasteiger charge is 2.25. The number of ether oxygens (including phenoxy) is 2. The molecule has 8 heteroatoms. The van der Waals surface area contributed by atoms with Gasteiger partial charge >= 0.3 is 20.2 Å². The van der Waals surface area contributed by atoms with Crippen molar-refractivity contribution in [3.63, 3.8) is 0 Å². The number of rotatable bonds is 10. The summed E-state index contributed by atoms with van der Waals surface area (Å²) in [5.41, 5.74) is 3.63. The van der Waals surface area contributed by atoms with Crippen molar-refractivity contribution < 1.29 is 32.7 Å². The van der Waals surface area contributed by atoms with Gasteiger partial charge in [-0.2, -0.15) is 0 Å². The minimum Gasteiger partial charge on any atom is -0.426 e. The number of carbonyl (C=O) groups is 2. The van der Waals surface area contributed by atoms with Gasteiger partial charge in [0.05, 0.1) is 12.8 Å². The molecular formula is C28H38O7P+. The van der Waals surface area contributed by atoms with Crippen LogP contribution in [-0.2, 0) is 34.0 Å². The van der Waals surface area contributed by atoms with Gasteiger partial charge in [-0.25, -0.2) is 0 Å². The fourth-order valence-corrected chi connectivity index (χ4v) is 3.98. The van der Waals surface area contributed by atoms with Gasteiger partial charge in [0.1, 0.15) is 24.7 Å². The fraction of sp³-hybridized carbons (Fsp3) is 0.500. The topological polar surface area (TPSA) is 88.1 Å². The van der Waals surface area contributed by atoms with Crippen LogP contribution in [0, 0.1) is 13.8 Å². The first-order valence-electron chi connectivity index (χ1n) is 12.0. The lowest BCUT2D eigenvalue weighted by Crippen LogP contribution is -2.17. The second kappa shape index (κ2) is 12.6. The Bertz CT molecular complexity index is 1010. The van der Waals surface area contributed by atoms with Crippen molar-refractivity contribution in [2.75, 3.05) is 13.2 Å². The van der Waals surface area contributed by atoms with E-state index in [1.807, 2.05) is 79.7 Å². The quantitative estimate of drug-likeness (QED) is 0.193. The van der Waals surface area contributed by atoms with Crippen LogP contribution in [0.2, 0.25) is 0 Å². The Morgan fingerprint density at radius 1 is 0.694 bits per heavy atom. The molecule has 0 heterocycles. The third-order valence-electron chi connectivity index (χ3n) is 5.34. The first-order valence-corrected chi connectivity index (χ1v) is 13.1. The molecule has 0 aliphatic rings. The molecule has 36 heavy (non-hydrogen) atoms. The standard InChI is InChI=1S/C28H38O7P/c1-19-9-11-23(21(17-19)27(3,4)5)34-25(29)13-15-32-36(31)33-16-14-26(30)35-24-12-10-20(2)18-22(24)28(6,7)8/h9-12,17-18H,13-16H2,1-8H3/q+1. The van der Waals surface area contributed by atoms with Crippen LogP contribution in [0.1, 0.15) is 76.6 Å². The zero-order valence-corrected chi connectivity index (χ0v) is 23.5. The number of hydrogen-bond acceptors (Lipinski definition) is 7. The molecule has 0 N–H and O–H groups in total. The highest BCUT2D eigenvalue weighted by Crippen LogP contribution is 2.34. The van der Waals surface area contributed by atoms with E-state index < -0.39 is 20.2 Å². The van der Waals surface area contributed by atoms with Crippen LogP contribution in [0.5, 0.6) is 11.5 Å². The summed E-state index contributed by atoms with van der Waals surface area (Å²) in [5.74, 6) is 0.00838. The normalized spacial score (nSPS) is 11.8. The molecule has 0 atom stereocenters. The average Bonchev–Trinajstić information content (AvgIpc) is 2.75. The van der Waals surface area contributed by atoms with E-state index >= 15 is 0 Å². The van der Waals surface area contributed by atoms with Gasteiger partial charge in [-0.15, -0.1) is 9.05 Å². The summed E-state index contributed by atoms with van der Waals surface area (Å²) in [6, 6.07) is 11.3. The SMILES string of the molecule is Cc1ccc(OC(=O)CCO[P+](=O)OCCC(=O)Oc2ccc(C)cc2C(C)(C)C)c(C(C)(C)C)c1. The molecule has 7 nitrogen and oxygen atoms in total. The Morgan fingerprint density at radius 2 is 1.06 bits per heavy atom. The van der Waals surface area contributed by atoms with E-state index in [9.17, 15) is 14.2 Å². The van der Waals surface area contributed by atoms with Gasteiger partial charge in [0.2, 0.25) is 0 Å². The maximum atomic E-state index is 12.3. The third kappa shape index (κ3) is 9.45. The van der Waals surface area contributed by atoms with Crippen LogP contribution in [0.4, 0.5) is 0 Å². The molecule has 0 aromatic heterocycles. The smallest absolute Gasteiger partial charge is 0.426 e. The second-order valence-corrected chi connectivity index (χ2v) is 11.8. The third-order valence-corrected chi connectivity index (χ3v) is 6.13. The van der Waals surface area contributed by atoms with Gasteiger partial charge in [-0.05, 0) is 36.8 Å². The van der Waals surface area contributed by atoms with Crippen LogP contribution in [0.3, 0.4) is 0 Å². The van der Waals surface area contributed by atoms with E-state index in [-0.39, 0.29) is 36.9 Å². The van der Waals surface area contributed by atoms with Crippen molar-refractivity contribution in [2.45, 2.75) is 79.1 Å². The van der Waals surface area contributed by atoms with Crippen molar-refractivity contribution in [2.24, 2.45) is 0 Å². The molecule has 0 unspecified atom stereocenters. The largest absolute Gasteiger partial charge is 0.697 e. The zero-order valence-electron chi connectivity index (χ0n) is 22.6. The predicted octanol–water partition coefficient (Wildman–Crippen LogP) is 6.88. The van der Waals surface area contributed by atoms with Crippen molar-refractivity contribution >= 4 is 20.2 Å². The van der Waals surface area contributed by atoms with Crippen molar-refractivity contribution in [1.82, 2.24) is 0 Å². The minimum absolute atomic E-state index is 0.0903. The number of benzene rings is 2. The first-order chi connectivity index (χ1) is 16.7. The molecule has 0 saturated carbocycles. The van der Waals surface area contributed by atoms with Gasteiger partial charge in [-0.3, -0.25) is 9.59 Å². The Hall–Kier alpha value is -2.60. The molecule has 0 amide bonds. The van der Waals surface area contributed by atoms with Gasteiger partial charge in [0.15, 0.2) is 0 Å². The van der Waals surface area contributed by atoms with Crippen LogP contribution >= 0.6 is 8.25 Å². The Labute approximate surface area is 215 Å². The van der Waals surface area contributed by atoms with E-state index in [0.717, 1.165) is 22.3 Å². The zero-order chi connectivity index (χ0) is 27.1. The van der Waals surface area contributed by atoms with Crippen molar-refractivity contribution in [1.29, 1.82) is 0 Å². The lowest BCUT2D eigenvalue weighted by molar-refractivity contribution is -0.135. The molecule has 2 aromatic rings. The van der Waals surface area contributed by atoms with Crippen molar-refractivity contribution in [3.8, 4) is 11.5 Å². The monoisotopic (exact) mass is 517 g/mol. The molecule has 196 valence electrons. The van der Waals surface area contributed by atoms with Crippen LogP contribution in [0.15, 0.2) is 36.4 Å². The predicted molar refractivity (Wildman–Crippen MR) is 140 cm³/mol. The molecule has 0 radical (unpaired) electrons. The lowest BCUT2D eigenvalue weighted by Gasteiger charge is -2.22. The van der Waals surface area contributed by atoms with E-state index in [1.54, 1.807) is 12.1 Å². The Morgan fingerprint density at radius 3 is 1.39 bits per heavy atom. The van der Waals surface area contributed by atoms with E-state index in [2.05, 4.69) is 0 Å². The summed E-state index contributed by atoms with van der Waals surface area (Å²) < 4.78 is 33.1. The first kappa shape index (κ1) is 29.6. The molecule has 0 saturated heterocycles. The van der Waals surface area contributed by atoms with Gasteiger partial charge < -0.3 is 9.47 Å². The van der Waals surface area contributed by atoms with E-state index in [0.29, 0.717) is 11.5 Å². The minimum atomic E-state index is -2.48. The Balaban J connectivity index is 1.75. The van der Waals surface area contributed by atoms with Gasteiger partial charge in [0.25, 0.3) is 0 Å². The molecule has 2 aromatic carbocycles. The molecular weight excluding hydrogens is 479 g/mol. The van der Waals surface area contributed by atoms with Crippen LogP contribution < -0.4 is 9.47 Å².